The summed E-state index contributed by atoms with van der Waals surface area (Å²) in [5.41, 5.74) is 3.22. The largest absolute Gasteiger partial charge is 0.377 e. The summed E-state index contributed by atoms with van der Waals surface area (Å²) in [6.45, 7) is 5.45. The highest BCUT2D eigenvalue weighted by Gasteiger charge is 2.50. The standard InChI is InChI=1S/C18H25BrO/c1-13(2)15-5-3-14(4-6-15)11-18(12-19)9-10-20-17(18)16-7-8-16/h3-6,13,16-17H,7-12H2,1-2H3. The first kappa shape index (κ1) is 14.6. The lowest BCUT2D eigenvalue weighted by Crippen LogP contribution is -2.36. The molecule has 1 saturated heterocycles. The van der Waals surface area contributed by atoms with Gasteiger partial charge < -0.3 is 4.74 Å². The summed E-state index contributed by atoms with van der Waals surface area (Å²) in [5.74, 6) is 1.44. The van der Waals surface area contributed by atoms with E-state index in [4.69, 9.17) is 4.74 Å². The second-order valence-corrected chi connectivity index (χ2v) is 7.51. The van der Waals surface area contributed by atoms with E-state index < -0.39 is 0 Å². The van der Waals surface area contributed by atoms with Crippen molar-refractivity contribution in [2.24, 2.45) is 11.3 Å². The molecule has 2 unspecified atom stereocenters. The number of rotatable bonds is 5. The number of hydrogen-bond donors (Lipinski definition) is 0. The molecule has 2 aliphatic rings. The summed E-state index contributed by atoms with van der Waals surface area (Å²) in [6.07, 6.45) is 5.56. The van der Waals surface area contributed by atoms with Gasteiger partial charge >= 0.3 is 0 Å². The molecule has 1 aromatic carbocycles. The van der Waals surface area contributed by atoms with Crippen LogP contribution >= 0.6 is 15.9 Å². The molecule has 2 heteroatoms. The Bertz CT molecular complexity index is 449. The lowest BCUT2D eigenvalue weighted by Gasteiger charge is -2.33. The highest BCUT2D eigenvalue weighted by molar-refractivity contribution is 9.09. The van der Waals surface area contributed by atoms with Gasteiger partial charge in [0.1, 0.15) is 0 Å². The van der Waals surface area contributed by atoms with Crippen LogP contribution in [0.15, 0.2) is 24.3 Å². The molecule has 1 aliphatic heterocycles. The molecule has 2 atom stereocenters. The number of ether oxygens (including phenoxy) is 1. The normalized spacial score (nSPS) is 30.1. The van der Waals surface area contributed by atoms with Crippen LogP contribution in [0, 0.1) is 11.3 Å². The Labute approximate surface area is 131 Å². The maximum absolute atomic E-state index is 6.09. The van der Waals surface area contributed by atoms with E-state index in [0.29, 0.717) is 17.4 Å². The molecule has 1 aliphatic carbocycles. The van der Waals surface area contributed by atoms with E-state index in [1.807, 2.05) is 0 Å². The summed E-state index contributed by atoms with van der Waals surface area (Å²) in [5, 5.41) is 1.06. The molecular weight excluding hydrogens is 312 g/mol. The van der Waals surface area contributed by atoms with Crippen LogP contribution in [0.2, 0.25) is 0 Å². The fourth-order valence-corrected chi connectivity index (χ4v) is 4.35. The molecule has 2 fully saturated rings. The first-order chi connectivity index (χ1) is 9.64. The minimum atomic E-state index is 0.320. The van der Waals surface area contributed by atoms with Gasteiger partial charge in [0.05, 0.1) is 6.10 Å². The Morgan fingerprint density at radius 1 is 1.25 bits per heavy atom. The molecule has 0 bridgehead atoms. The predicted octanol–water partition coefficient (Wildman–Crippen LogP) is 4.93. The molecule has 20 heavy (non-hydrogen) atoms. The number of benzene rings is 1. The predicted molar refractivity (Wildman–Crippen MR) is 87.5 cm³/mol. The fourth-order valence-electron chi connectivity index (χ4n) is 3.55. The van der Waals surface area contributed by atoms with Crippen molar-refractivity contribution in [1.82, 2.24) is 0 Å². The molecule has 1 aromatic rings. The van der Waals surface area contributed by atoms with Crippen molar-refractivity contribution in [2.75, 3.05) is 11.9 Å². The third-order valence-corrected chi connectivity index (χ3v) is 6.14. The van der Waals surface area contributed by atoms with Gasteiger partial charge in [0.2, 0.25) is 0 Å². The second-order valence-electron chi connectivity index (χ2n) is 6.95. The smallest absolute Gasteiger partial charge is 0.0671 e. The van der Waals surface area contributed by atoms with E-state index in [9.17, 15) is 0 Å². The molecular formula is C18H25BrO. The molecule has 1 saturated carbocycles. The van der Waals surface area contributed by atoms with Crippen LogP contribution in [0.5, 0.6) is 0 Å². The average Bonchev–Trinajstić information content (AvgIpc) is 3.21. The van der Waals surface area contributed by atoms with Gasteiger partial charge in [0.15, 0.2) is 0 Å². The van der Waals surface area contributed by atoms with E-state index in [-0.39, 0.29) is 0 Å². The van der Waals surface area contributed by atoms with Crippen molar-refractivity contribution in [2.45, 2.75) is 51.6 Å². The minimum absolute atomic E-state index is 0.320. The molecule has 1 heterocycles. The Morgan fingerprint density at radius 2 is 1.95 bits per heavy atom. The molecule has 110 valence electrons. The first-order valence-corrected chi connectivity index (χ1v) is 9.03. The lowest BCUT2D eigenvalue weighted by atomic mass is 9.76. The molecule has 0 N–H and O–H groups in total. The second kappa shape index (κ2) is 5.81. The van der Waals surface area contributed by atoms with E-state index in [1.165, 1.54) is 30.4 Å². The molecule has 3 rings (SSSR count). The zero-order valence-corrected chi connectivity index (χ0v) is 14.2. The maximum atomic E-state index is 6.09. The third kappa shape index (κ3) is 2.82. The van der Waals surface area contributed by atoms with Gasteiger partial charge in [-0.2, -0.15) is 0 Å². The first-order valence-electron chi connectivity index (χ1n) is 7.91. The Kier molecular flexibility index (Phi) is 4.24. The Balaban J connectivity index is 1.76. The molecule has 0 amide bonds. The zero-order valence-electron chi connectivity index (χ0n) is 12.6. The van der Waals surface area contributed by atoms with Crippen LogP contribution in [0.25, 0.3) is 0 Å². The number of halogens is 1. The summed E-state index contributed by atoms with van der Waals surface area (Å²) < 4.78 is 6.09. The van der Waals surface area contributed by atoms with Gasteiger partial charge in [0, 0.05) is 17.4 Å². The zero-order chi connectivity index (χ0) is 14.2. The number of hydrogen-bond acceptors (Lipinski definition) is 1. The Morgan fingerprint density at radius 3 is 2.50 bits per heavy atom. The van der Waals surface area contributed by atoms with Crippen LogP contribution in [-0.4, -0.2) is 18.0 Å². The van der Waals surface area contributed by atoms with Crippen LogP contribution in [0.1, 0.15) is 50.2 Å². The van der Waals surface area contributed by atoms with Gasteiger partial charge in [-0.25, -0.2) is 0 Å². The third-order valence-electron chi connectivity index (χ3n) is 5.02. The summed E-state index contributed by atoms with van der Waals surface area (Å²) >= 11 is 3.79. The van der Waals surface area contributed by atoms with E-state index >= 15 is 0 Å². The Hall–Kier alpha value is -0.340. The van der Waals surface area contributed by atoms with Gasteiger partial charge in [-0.15, -0.1) is 0 Å². The van der Waals surface area contributed by atoms with Crippen LogP contribution < -0.4 is 0 Å². The molecule has 0 radical (unpaired) electrons. The highest BCUT2D eigenvalue weighted by atomic mass is 79.9. The lowest BCUT2D eigenvalue weighted by molar-refractivity contribution is 0.0413. The fraction of sp³-hybridized carbons (Fsp3) is 0.667. The van der Waals surface area contributed by atoms with Crippen molar-refractivity contribution in [3.8, 4) is 0 Å². The van der Waals surface area contributed by atoms with Crippen molar-refractivity contribution >= 4 is 15.9 Å². The monoisotopic (exact) mass is 336 g/mol. The summed E-state index contributed by atoms with van der Waals surface area (Å²) in [4.78, 5) is 0. The van der Waals surface area contributed by atoms with Gasteiger partial charge in [-0.3, -0.25) is 0 Å². The van der Waals surface area contributed by atoms with Gasteiger partial charge in [-0.05, 0) is 48.6 Å². The SMILES string of the molecule is CC(C)c1ccc(CC2(CBr)CCOC2C2CC2)cc1. The molecule has 0 aromatic heterocycles. The minimum Gasteiger partial charge on any atom is -0.377 e. The van der Waals surface area contributed by atoms with Crippen molar-refractivity contribution in [3.05, 3.63) is 35.4 Å². The topological polar surface area (TPSA) is 9.23 Å². The van der Waals surface area contributed by atoms with E-state index in [2.05, 4.69) is 54.0 Å². The van der Waals surface area contributed by atoms with Crippen LogP contribution in [-0.2, 0) is 11.2 Å². The summed E-state index contributed by atoms with van der Waals surface area (Å²) in [7, 11) is 0. The number of alkyl halides is 1. The average molecular weight is 337 g/mol. The highest BCUT2D eigenvalue weighted by Crippen LogP contribution is 2.50. The van der Waals surface area contributed by atoms with Gasteiger partial charge in [-0.1, -0.05) is 54.0 Å². The van der Waals surface area contributed by atoms with Crippen molar-refractivity contribution in [1.29, 1.82) is 0 Å². The van der Waals surface area contributed by atoms with Crippen molar-refractivity contribution < 1.29 is 4.74 Å². The molecule has 0 spiro atoms. The van der Waals surface area contributed by atoms with Crippen molar-refractivity contribution in [3.63, 3.8) is 0 Å². The quantitative estimate of drug-likeness (QED) is 0.692. The van der Waals surface area contributed by atoms with Crippen LogP contribution in [0.4, 0.5) is 0 Å². The van der Waals surface area contributed by atoms with Crippen LogP contribution in [0.3, 0.4) is 0 Å². The summed E-state index contributed by atoms with van der Waals surface area (Å²) in [6, 6.07) is 9.23. The maximum Gasteiger partial charge on any atom is 0.0671 e. The van der Waals surface area contributed by atoms with E-state index in [0.717, 1.165) is 24.3 Å². The molecule has 1 nitrogen and oxygen atoms in total. The van der Waals surface area contributed by atoms with E-state index in [1.54, 1.807) is 0 Å². The van der Waals surface area contributed by atoms with Gasteiger partial charge in [0.25, 0.3) is 0 Å².